The summed E-state index contributed by atoms with van der Waals surface area (Å²) in [5.41, 5.74) is -1.000. The van der Waals surface area contributed by atoms with Gasteiger partial charge in [0.05, 0.1) is 12.2 Å². The molecule has 1 N–H and O–H groups in total. The molecule has 0 aliphatic heterocycles. The van der Waals surface area contributed by atoms with Crippen LogP contribution in [0.4, 0.5) is 0 Å². The van der Waals surface area contributed by atoms with Crippen molar-refractivity contribution in [3.8, 4) is 0 Å². The number of ether oxygens (including phenoxy) is 1. The normalized spacial score (nSPS) is 15.7. The number of aliphatic hydroxyl groups excluding tert-OH is 1. The van der Waals surface area contributed by atoms with Crippen LogP contribution in [0.1, 0.15) is 58.8 Å². The Balaban J connectivity index is 2.27. The van der Waals surface area contributed by atoms with E-state index in [4.69, 9.17) is 13.6 Å². The molecular weight excluding hydrogens is 569 g/mol. The maximum Gasteiger partial charge on any atom is 0.338 e. The summed E-state index contributed by atoms with van der Waals surface area (Å²) < 4.78 is 20.5. The summed E-state index contributed by atoms with van der Waals surface area (Å²) in [7, 11) is -5.50. The second kappa shape index (κ2) is 13.4. The molecule has 3 aromatic rings. The molecule has 3 aromatic carbocycles. The van der Waals surface area contributed by atoms with Crippen molar-refractivity contribution in [1.82, 2.24) is 0 Å². The Labute approximate surface area is 261 Å². The number of carbonyl (C=O) groups is 1. The average molecular weight is 619 g/mol. The molecule has 0 aliphatic rings. The highest BCUT2D eigenvalue weighted by Crippen LogP contribution is 2.42. The van der Waals surface area contributed by atoms with Crippen molar-refractivity contribution in [2.75, 3.05) is 6.61 Å². The van der Waals surface area contributed by atoms with Crippen molar-refractivity contribution < 1.29 is 23.5 Å². The first-order valence-electron chi connectivity index (χ1n) is 15.0. The minimum atomic E-state index is -3.21. The van der Waals surface area contributed by atoms with Gasteiger partial charge in [0.1, 0.15) is 11.7 Å². The quantitative estimate of drug-likeness (QED) is 0.133. The van der Waals surface area contributed by atoms with Crippen LogP contribution in [0.15, 0.2) is 104 Å². The molecule has 43 heavy (non-hydrogen) atoms. The molecule has 3 atom stereocenters. The number of aliphatic hydroxyl groups is 1. The number of hydrogen-bond acceptors (Lipinski definition) is 5. The first-order chi connectivity index (χ1) is 20.0. The summed E-state index contributed by atoms with van der Waals surface area (Å²) in [6.45, 7) is 23.2. The Kier molecular flexibility index (Phi) is 10.8. The fourth-order valence-electron chi connectivity index (χ4n) is 5.12. The zero-order valence-electron chi connectivity index (χ0n) is 27.4. The van der Waals surface area contributed by atoms with Gasteiger partial charge >= 0.3 is 5.97 Å². The van der Waals surface area contributed by atoms with E-state index in [1.54, 1.807) is 24.3 Å². The third kappa shape index (κ3) is 7.47. The van der Waals surface area contributed by atoms with Gasteiger partial charge in [0.15, 0.2) is 14.4 Å². The van der Waals surface area contributed by atoms with Crippen LogP contribution < -0.4 is 10.4 Å². The molecule has 0 spiro atoms. The third-order valence-corrected chi connectivity index (χ3v) is 18.6. The van der Waals surface area contributed by atoms with E-state index in [0.29, 0.717) is 5.56 Å². The van der Waals surface area contributed by atoms with Gasteiger partial charge in [0, 0.05) is 0 Å². The van der Waals surface area contributed by atoms with Gasteiger partial charge in [-0.25, -0.2) is 4.79 Å². The fourth-order valence-corrected chi connectivity index (χ4v) is 11.0. The largest absolute Gasteiger partial charge is 0.453 e. The van der Waals surface area contributed by atoms with Crippen molar-refractivity contribution in [1.29, 1.82) is 0 Å². The highest BCUT2D eigenvalue weighted by Gasteiger charge is 2.58. The Morgan fingerprint density at radius 3 is 1.63 bits per heavy atom. The van der Waals surface area contributed by atoms with E-state index in [9.17, 15) is 9.90 Å². The van der Waals surface area contributed by atoms with Gasteiger partial charge in [-0.2, -0.15) is 0 Å². The second-order valence-electron chi connectivity index (χ2n) is 14.0. The maximum absolute atomic E-state index is 13.6. The van der Waals surface area contributed by atoms with E-state index < -0.39 is 40.4 Å². The summed E-state index contributed by atoms with van der Waals surface area (Å²) in [6.07, 6.45) is -0.664. The van der Waals surface area contributed by atoms with Crippen LogP contribution >= 0.6 is 0 Å². The predicted molar refractivity (Wildman–Crippen MR) is 182 cm³/mol. The summed E-state index contributed by atoms with van der Waals surface area (Å²) in [5, 5.41) is 13.4. The molecule has 7 heteroatoms. The van der Waals surface area contributed by atoms with Crippen molar-refractivity contribution in [2.45, 2.75) is 89.4 Å². The molecule has 0 saturated carbocycles. The van der Waals surface area contributed by atoms with E-state index in [2.05, 4.69) is 85.5 Å². The Morgan fingerprint density at radius 2 is 1.23 bits per heavy atom. The van der Waals surface area contributed by atoms with Crippen LogP contribution in [0.2, 0.25) is 23.2 Å². The molecule has 0 aliphatic carbocycles. The molecule has 3 rings (SSSR count). The lowest BCUT2D eigenvalue weighted by Gasteiger charge is -2.51. The van der Waals surface area contributed by atoms with E-state index >= 15 is 0 Å². The number of rotatable bonds is 12. The maximum atomic E-state index is 13.6. The van der Waals surface area contributed by atoms with Gasteiger partial charge in [-0.05, 0) is 52.6 Å². The summed E-state index contributed by atoms with van der Waals surface area (Å²) in [5.74, 6) is -0.502. The molecule has 0 bridgehead atoms. The van der Waals surface area contributed by atoms with Gasteiger partial charge in [-0.3, -0.25) is 0 Å². The Bertz CT molecular complexity index is 1290. The molecule has 0 unspecified atom stereocenters. The van der Waals surface area contributed by atoms with Crippen molar-refractivity contribution in [3.05, 3.63) is 109 Å². The highest BCUT2D eigenvalue weighted by molar-refractivity contribution is 6.99. The zero-order chi connectivity index (χ0) is 32.1. The van der Waals surface area contributed by atoms with Gasteiger partial charge < -0.3 is 18.7 Å². The lowest BCUT2D eigenvalue weighted by atomic mass is 9.92. The number of hydrogen-bond donors (Lipinski definition) is 1. The highest BCUT2D eigenvalue weighted by atomic mass is 28.4. The third-order valence-electron chi connectivity index (χ3n) is 8.90. The zero-order valence-corrected chi connectivity index (χ0v) is 29.4. The van der Waals surface area contributed by atoms with E-state index in [0.717, 1.165) is 10.4 Å². The van der Waals surface area contributed by atoms with Crippen LogP contribution in [0, 0.1) is 0 Å². The molecule has 0 amide bonds. The smallest absolute Gasteiger partial charge is 0.338 e. The van der Waals surface area contributed by atoms with Crippen LogP contribution in [-0.2, 0) is 13.6 Å². The summed E-state index contributed by atoms with van der Waals surface area (Å²) in [6, 6.07) is 29.3. The van der Waals surface area contributed by atoms with Crippen LogP contribution in [0.3, 0.4) is 0 Å². The molecule has 0 aromatic heterocycles. The van der Waals surface area contributed by atoms with Gasteiger partial charge in [0.2, 0.25) is 0 Å². The Morgan fingerprint density at radius 1 is 0.791 bits per heavy atom. The Hall–Kier alpha value is -2.82. The number of carbonyl (C=O) groups excluding carboxylic acids is 1. The lowest BCUT2D eigenvalue weighted by molar-refractivity contribution is -0.124. The number of esters is 1. The number of benzene rings is 3. The van der Waals surface area contributed by atoms with Gasteiger partial charge in [0.25, 0.3) is 8.32 Å². The molecule has 0 saturated heterocycles. The molecule has 5 nitrogen and oxygen atoms in total. The SMILES string of the molecule is C=C[C@H](O)[C@@](C)(O[Si](c1ccccc1)(c1ccccc1)C(C)(C)C)[C@H](CO[Si](C)(C)C(C)(C)C)OC(=O)c1ccccc1. The van der Waals surface area contributed by atoms with Crippen LogP contribution in [0.5, 0.6) is 0 Å². The van der Waals surface area contributed by atoms with Gasteiger partial charge in [-0.1, -0.05) is 126 Å². The predicted octanol–water partition coefficient (Wildman–Crippen LogP) is 7.12. The molecule has 232 valence electrons. The monoisotopic (exact) mass is 618 g/mol. The van der Waals surface area contributed by atoms with Crippen molar-refractivity contribution >= 4 is 33.0 Å². The van der Waals surface area contributed by atoms with E-state index in [-0.39, 0.29) is 16.7 Å². The van der Waals surface area contributed by atoms with Gasteiger partial charge in [-0.15, -0.1) is 6.58 Å². The topological polar surface area (TPSA) is 65.0 Å². The standard InChI is InChI=1S/C36H50O5Si2/c1-11-31(37)36(8,32(27-39-42(9,10)34(2,3)4)40-33(38)28-21-15-12-16-22-28)41-43(35(5,6)7,29-23-17-13-18-24-29)30-25-19-14-20-26-30/h11-26,31-32,37H,1,27H2,2-10H3/t31-,32-,36+/m0/s1. The fraction of sp³-hybridized carbons (Fsp3) is 0.417. The first-order valence-corrected chi connectivity index (χ1v) is 19.8. The lowest BCUT2D eigenvalue weighted by Crippen LogP contribution is -2.73. The van der Waals surface area contributed by atoms with E-state index in [1.165, 1.54) is 6.08 Å². The van der Waals surface area contributed by atoms with Crippen LogP contribution in [0.25, 0.3) is 0 Å². The minimum Gasteiger partial charge on any atom is -0.453 e. The minimum absolute atomic E-state index is 0.0642. The average Bonchev–Trinajstić information content (AvgIpc) is 2.97. The molecule has 0 radical (unpaired) electrons. The summed E-state index contributed by atoms with van der Waals surface area (Å²) >= 11 is 0. The molecule has 0 heterocycles. The van der Waals surface area contributed by atoms with Crippen LogP contribution in [-0.4, -0.2) is 52.1 Å². The van der Waals surface area contributed by atoms with E-state index in [1.807, 2.05) is 49.4 Å². The molecular formula is C36H50O5Si2. The second-order valence-corrected chi connectivity index (χ2v) is 23.0. The molecule has 0 fully saturated rings. The van der Waals surface area contributed by atoms with Crippen molar-refractivity contribution in [2.24, 2.45) is 0 Å². The first kappa shape index (κ1) is 34.7. The summed E-state index contributed by atoms with van der Waals surface area (Å²) in [4.78, 5) is 13.6. The van der Waals surface area contributed by atoms with Crippen molar-refractivity contribution in [3.63, 3.8) is 0 Å².